The van der Waals surface area contributed by atoms with Gasteiger partial charge >= 0.3 is 11.9 Å². The number of carbonyl (C=O) groups is 1. The second-order valence-electron chi connectivity index (χ2n) is 9.44. The van der Waals surface area contributed by atoms with Crippen molar-refractivity contribution in [3.05, 3.63) is 63.2 Å². The van der Waals surface area contributed by atoms with Crippen molar-refractivity contribution in [1.82, 2.24) is 19.4 Å². The maximum absolute atomic E-state index is 13.2. The van der Waals surface area contributed by atoms with Gasteiger partial charge in [0.25, 0.3) is 0 Å². The summed E-state index contributed by atoms with van der Waals surface area (Å²) in [4.78, 5) is 38.7. The topological polar surface area (TPSA) is 97.4 Å². The number of benzene rings is 1. The predicted octanol–water partition coefficient (Wildman–Crippen LogP) is 3.95. The number of aryl methyl sites for hydroxylation is 1. The molecule has 4 rings (SSSR count). The Morgan fingerprint density at radius 3 is 2.32 bits per heavy atom. The average Bonchev–Trinajstić information content (AvgIpc) is 2.90. The molecule has 12 heteroatoms. The van der Waals surface area contributed by atoms with Crippen LogP contribution < -0.4 is 16.3 Å². The minimum Gasteiger partial charge on any atom is -0.349 e. The summed E-state index contributed by atoms with van der Waals surface area (Å²) in [5.74, 6) is 0.142. The van der Waals surface area contributed by atoms with E-state index < -0.39 is 23.5 Å². The van der Waals surface area contributed by atoms with Gasteiger partial charge in [0.1, 0.15) is 10.7 Å². The standard InChI is InChI=1S/C26H30ClF3N6O2/c1-4-17-14-36(24-22-19(10-11-21(27)32-22)34(3)25(38)33-24)18(5-2)13-35(17)23(20(37)12-31)15-6-8-16(9-7-15)26(28,29)30/h6-11,17-18,23H,4-5,12-14,31H2,1-3H3/t17-,18+,23?/m1/s1. The van der Waals surface area contributed by atoms with E-state index >= 15 is 0 Å². The Bertz CT molecular complexity index is 1380. The lowest BCUT2D eigenvalue weighted by Crippen LogP contribution is -2.60. The van der Waals surface area contributed by atoms with Gasteiger partial charge in [0.15, 0.2) is 11.6 Å². The molecule has 1 aliphatic heterocycles. The van der Waals surface area contributed by atoms with Gasteiger partial charge in [-0.2, -0.15) is 18.2 Å². The molecule has 1 saturated heterocycles. The lowest BCUT2D eigenvalue weighted by Gasteiger charge is -2.49. The molecule has 204 valence electrons. The minimum atomic E-state index is -4.48. The summed E-state index contributed by atoms with van der Waals surface area (Å²) in [6, 6.07) is 6.88. The summed E-state index contributed by atoms with van der Waals surface area (Å²) in [5.41, 5.74) is 6.11. The van der Waals surface area contributed by atoms with Crippen molar-refractivity contribution in [2.45, 2.75) is 51.0 Å². The van der Waals surface area contributed by atoms with E-state index in [-0.39, 0.29) is 29.6 Å². The number of aromatic nitrogens is 3. The molecular formula is C26H30ClF3N6O2. The monoisotopic (exact) mass is 550 g/mol. The Morgan fingerprint density at radius 1 is 1.08 bits per heavy atom. The number of nitrogens with two attached hydrogens (primary N) is 1. The van der Waals surface area contributed by atoms with Crippen LogP contribution >= 0.6 is 11.6 Å². The number of Topliss-reactive ketones (excluding diaryl/α,β-unsaturated/α-hetero) is 1. The van der Waals surface area contributed by atoms with Crippen LogP contribution in [0.15, 0.2) is 41.2 Å². The van der Waals surface area contributed by atoms with Gasteiger partial charge in [-0.1, -0.05) is 37.6 Å². The summed E-state index contributed by atoms with van der Waals surface area (Å²) in [5, 5.41) is 0.272. The zero-order valence-electron chi connectivity index (χ0n) is 21.4. The second kappa shape index (κ2) is 11.0. The van der Waals surface area contributed by atoms with Crippen LogP contribution in [0.1, 0.15) is 43.9 Å². The Kier molecular flexibility index (Phi) is 8.10. The Morgan fingerprint density at radius 2 is 1.74 bits per heavy atom. The van der Waals surface area contributed by atoms with Crippen LogP contribution in [0.4, 0.5) is 19.0 Å². The quantitative estimate of drug-likeness (QED) is 0.445. The fraction of sp³-hybridized carbons (Fsp3) is 0.462. The summed E-state index contributed by atoms with van der Waals surface area (Å²) >= 11 is 6.20. The Labute approximate surface area is 223 Å². The third kappa shape index (κ3) is 5.27. The highest BCUT2D eigenvalue weighted by Gasteiger charge is 2.40. The first-order chi connectivity index (χ1) is 18.0. The number of hydrogen-bond acceptors (Lipinski definition) is 7. The maximum Gasteiger partial charge on any atom is 0.416 e. The smallest absolute Gasteiger partial charge is 0.349 e. The number of fused-ring (bicyclic) bond motifs is 1. The van der Waals surface area contributed by atoms with Crippen LogP contribution in [0.25, 0.3) is 11.0 Å². The van der Waals surface area contributed by atoms with Gasteiger partial charge in [0.05, 0.1) is 23.7 Å². The average molecular weight is 551 g/mol. The van der Waals surface area contributed by atoms with E-state index in [1.165, 1.54) is 16.7 Å². The van der Waals surface area contributed by atoms with Crippen LogP contribution in [0, 0.1) is 0 Å². The van der Waals surface area contributed by atoms with Crippen molar-refractivity contribution >= 4 is 34.2 Å². The van der Waals surface area contributed by atoms with Gasteiger partial charge in [-0.3, -0.25) is 14.3 Å². The first-order valence-electron chi connectivity index (χ1n) is 12.5. The Hall–Kier alpha value is -3.02. The zero-order chi connectivity index (χ0) is 27.8. The van der Waals surface area contributed by atoms with Crippen molar-refractivity contribution in [3.63, 3.8) is 0 Å². The fourth-order valence-electron chi connectivity index (χ4n) is 5.17. The number of halogens is 4. The molecule has 0 spiro atoms. The van der Waals surface area contributed by atoms with Crippen LogP contribution in [0.2, 0.25) is 5.15 Å². The molecule has 2 aromatic heterocycles. The third-order valence-corrected chi connectivity index (χ3v) is 7.46. The summed E-state index contributed by atoms with van der Waals surface area (Å²) in [6.45, 7) is 4.55. The number of pyridine rings is 1. The molecule has 3 atom stereocenters. The molecule has 1 aromatic carbocycles. The van der Waals surface area contributed by atoms with Gasteiger partial charge in [0, 0.05) is 32.2 Å². The highest BCUT2D eigenvalue weighted by molar-refractivity contribution is 6.29. The molecule has 1 fully saturated rings. The van der Waals surface area contributed by atoms with Gasteiger partial charge < -0.3 is 10.6 Å². The SMILES string of the molecule is CC[C@H]1CN(C(C(=O)CN)c2ccc(C(F)(F)F)cc2)[C@H](CC)CN1c1nc(=O)n(C)c2ccc(Cl)nc12. The normalized spacial score (nSPS) is 19.6. The molecule has 0 bridgehead atoms. The highest BCUT2D eigenvalue weighted by atomic mass is 35.5. The third-order valence-electron chi connectivity index (χ3n) is 7.25. The summed E-state index contributed by atoms with van der Waals surface area (Å²) in [6.07, 6.45) is -3.18. The van der Waals surface area contributed by atoms with Crippen molar-refractivity contribution in [3.8, 4) is 0 Å². The van der Waals surface area contributed by atoms with Crippen LogP contribution in [-0.2, 0) is 18.0 Å². The molecule has 1 unspecified atom stereocenters. The van der Waals surface area contributed by atoms with E-state index in [9.17, 15) is 22.8 Å². The molecule has 1 aliphatic rings. The van der Waals surface area contributed by atoms with E-state index in [4.69, 9.17) is 17.3 Å². The maximum atomic E-state index is 13.2. The zero-order valence-corrected chi connectivity index (χ0v) is 22.1. The van der Waals surface area contributed by atoms with E-state index in [0.717, 1.165) is 12.1 Å². The molecule has 38 heavy (non-hydrogen) atoms. The van der Waals surface area contributed by atoms with Crippen LogP contribution in [0.3, 0.4) is 0 Å². The van der Waals surface area contributed by atoms with Gasteiger partial charge in [0.2, 0.25) is 0 Å². The van der Waals surface area contributed by atoms with E-state index in [2.05, 4.69) is 9.97 Å². The molecule has 2 N–H and O–H groups in total. The molecule has 0 saturated carbocycles. The van der Waals surface area contributed by atoms with Gasteiger partial charge in [-0.25, -0.2) is 9.78 Å². The lowest BCUT2D eigenvalue weighted by atomic mass is 9.93. The fourth-order valence-corrected chi connectivity index (χ4v) is 5.32. The number of ketones is 1. The number of nitrogens with zero attached hydrogens (tertiary/aromatic N) is 5. The highest BCUT2D eigenvalue weighted by Crippen LogP contribution is 2.36. The molecule has 0 amide bonds. The van der Waals surface area contributed by atoms with Crippen LogP contribution in [-0.4, -0.2) is 56.9 Å². The first kappa shape index (κ1) is 28.0. The number of carbonyl (C=O) groups excluding carboxylic acids is 1. The second-order valence-corrected chi connectivity index (χ2v) is 9.83. The van der Waals surface area contributed by atoms with Crippen molar-refractivity contribution < 1.29 is 18.0 Å². The minimum absolute atomic E-state index is 0.163. The number of hydrogen-bond donors (Lipinski definition) is 1. The predicted molar refractivity (Wildman–Crippen MR) is 140 cm³/mol. The van der Waals surface area contributed by atoms with Crippen molar-refractivity contribution in [1.29, 1.82) is 0 Å². The molecule has 3 aromatic rings. The lowest BCUT2D eigenvalue weighted by molar-refractivity contribution is -0.137. The van der Waals surface area contributed by atoms with Crippen molar-refractivity contribution in [2.24, 2.45) is 12.8 Å². The molecular weight excluding hydrogens is 521 g/mol. The number of anilines is 1. The molecule has 8 nitrogen and oxygen atoms in total. The Balaban J connectivity index is 1.76. The summed E-state index contributed by atoms with van der Waals surface area (Å²) < 4.78 is 40.9. The van der Waals surface area contributed by atoms with E-state index in [1.807, 2.05) is 23.6 Å². The molecule has 3 heterocycles. The van der Waals surface area contributed by atoms with E-state index in [0.29, 0.717) is 48.3 Å². The van der Waals surface area contributed by atoms with Crippen molar-refractivity contribution in [2.75, 3.05) is 24.5 Å². The number of rotatable bonds is 7. The first-order valence-corrected chi connectivity index (χ1v) is 12.8. The molecule has 0 aliphatic carbocycles. The molecule has 0 radical (unpaired) electrons. The largest absolute Gasteiger partial charge is 0.416 e. The number of alkyl halides is 3. The van der Waals surface area contributed by atoms with Gasteiger partial charge in [-0.05, 0) is 42.7 Å². The van der Waals surface area contributed by atoms with Gasteiger partial charge in [-0.15, -0.1) is 0 Å². The summed E-state index contributed by atoms with van der Waals surface area (Å²) in [7, 11) is 1.62. The van der Waals surface area contributed by atoms with E-state index in [1.54, 1.807) is 19.2 Å². The van der Waals surface area contributed by atoms with Crippen LogP contribution in [0.5, 0.6) is 0 Å². The number of piperazine rings is 1.